The van der Waals surface area contributed by atoms with Crippen LogP contribution < -0.4 is 31.2 Å². The van der Waals surface area contributed by atoms with Crippen molar-refractivity contribution in [2.45, 2.75) is 56.6 Å². The Labute approximate surface area is 369 Å². The molecule has 9 rings (SSSR count). The third kappa shape index (κ3) is 6.99. The molecule has 6 aromatic heterocycles. The lowest BCUT2D eigenvalue weighted by Crippen LogP contribution is -2.16. The minimum absolute atomic E-state index is 0.00354. The van der Waals surface area contributed by atoms with Crippen LogP contribution >= 0.6 is 59.1 Å². The van der Waals surface area contributed by atoms with Crippen LogP contribution in [0.5, 0.6) is 11.5 Å². The average molecular weight is 943 g/mol. The van der Waals surface area contributed by atoms with Gasteiger partial charge in [-0.15, -0.1) is 19.5 Å². The number of fused-ring (bicyclic) bond motifs is 4. The third-order valence-electron chi connectivity index (χ3n) is 8.87. The van der Waals surface area contributed by atoms with Crippen molar-refractivity contribution in [3.05, 3.63) is 76.5 Å². The average Bonchev–Trinajstić information content (AvgIpc) is 4.13. The molecular weight excluding hydrogens is 921 g/mol. The molecule has 0 saturated heterocycles. The van der Waals surface area contributed by atoms with Crippen LogP contribution in [-0.2, 0) is 28.9 Å². The van der Waals surface area contributed by atoms with Crippen LogP contribution in [0.2, 0.25) is 0 Å². The Morgan fingerprint density at radius 3 is 1.85 bits per heavy atom. The maximum Gasteiger partial charge on any atom is 0.310 e. The van der Waals surface area contributed by atoms with Gasteiger partial charge in [0.1, 0.15) is 23.5 Å². The molecule has 8 heterocycles. The van der Waals surface area contributed by atoms with Gasteiger partial charge in [0.05, 0.1) is 68.1 Å². The molecule has 20 nitrogen and oxygen atoms in total. The molecule has 1 aromatic carbocycles. The molecule has 2 aliphatic rings. The summed E-state index contributed by atoms with van der Waals surface area (Å²) >= 11 is 5.12. The normalized spacial score (nSPS) is 13.4. The first-order chi connectivity index (χ1) is 30.0. The smallest absolute Gasteiger partial charge is 0.310 e. The Morgan fingerprint density at radius 1 is 0.839 bits per heavy atom. The minimum Gasteiger partial charge on any atom is -0.424 e. The Hall–Kier alpha value is -5.78. The molecule has 7 aromatic rings. The number of thioether (sulfide) groups is 4. The van der Waals surface area contributed by atoms with Gasteiger partial charge in [0.15, 0.2) is 22.8 Å². The number of nitriles is 1. The predicted molar refractivity (Wildman–Crippen MR) is 226 cm³/mol. The van der Waals surface area contributed by atoms with Crippen molar-refractivity contribution in [2.75, 3.05) is 0 Å². The number of nitrogens with two attached hydrogens (primary N) is 2. The lowest BCUT2D eigenvalue weighted by Gasteiger charge is -2.16. The second-order valence-corrected chi connectivity index (χ2v) is 19.2. The highest BCUT2D eigenvalue weighted by Crippen LogP contribution is 2.68. The van der Waals surface area contributed by atoms with E-state index in [2.05, 4.69) is 46.0 Å². The first-order valence-corrected chi connectivity index (χ1v) is 23.2. The van der Waals surface area contributed by atoms with Crippen molar-refractivity contribution in [3.8, 4) is 40.1 Å². The Bertz CT molecular complexity index is 3310. The molecule has 62 heavy (non-hydrogen) atoms. The van der Waals surface area contributed by atoms with Gasteiger partial charge < -0.3 is 9.47 Å². The van der Waals surface area contributed by atoms with Crippen molar-refractivity contribution in [3.63, 3.8) is 0 Å². The van der Waals surface area contributed by atoms with Crippen LogP contribution in [0.4, 0.5) is 5.69 Å². The number of benzene rings is 1. The van der Waals surface area contributed by atoms with Crippen LogP contribution in [-0.4, -0.2) is 59.5 Å². The minimum atomic E-state index is -4.40. The van der Waals surface area contributed by atoms with E-state index in [-0.39, 0.29) is 63.0 Å². The molecule has 0 spiro atoms. The van der Waals surface area contributed by atoms with Crippen LogP contribution in [0.1, 0.15) is 32.3 Å². The number of hydrogen-bond acceptors (Lipinski definition) is 21. The van der Waals surface area contributed by atoms with Gasteiger partial charge in [-0.1, -0.05) is 73.0 Å². The van der Waals surface area contributed by atoms with Gasteiger partial charge in [-0.25, -0.2) is 27.4 Å². The van der Waals surface area contributed by atoms with Gasteiger partial charge in [-0.05, 0) is 24.3 Å². The number of ether oxygens (including phenoxy) is 2. The maximum absolute atomic E-state index is 13.3. The zero-order chi connectivity index (χ0) is 43.4. The molecular formula is C36H22N12O8S6. The van der Waals surface area contributed by atoms with E-state index in [9.17, 15) is 23.3 Å². The fourth-order valence-electron chi connectivity index (χ4n) is 6.33. The Morgan fingerprint density at radius 2 is 1.37 bits per heavy atom. The number of pyridine rings is 2. The SMILES string of the molecule is [C-]#[N+]c1c(-c2ccccn2)c2nc(S(N)(=O)=O)nn2c1=C1Sc2c(OC(=O)CC)c3c(c(OC(=O)CC)c2S1)SC(=c1c(C#N)c(-c2ccccn2)c2nc(SOON)nn12)S3. The van der Waals surface area contributed by atoms with Crippen LogP contribution in [0.25, 0.3) is 47.1 Å². The number of primary sulfonamides is 1. The van der Waals surface area contributed by atoms with Crippen molar-refractivity contribution < 1.29 is 36.8 Å². The number of nitrogens with zero attached hydrogens (tertiary/aromatic N) is 10. The third-order valence-corrected chi connectivity index (χ3v) is 15.2. The van der Waals surface area contributed by atoms with E-state index in [0.717, 1.165) is 47.0 Å². The number of carbonyl (C=O) groups excluding carboxylic acids is 2. The second-order valence-electron chi connectivity index (χ2n) is 12.5. The van der Waals surface area contributed by atoms with Gasteiger partial charge in [0.25, 0.3) is 15.2 Å². The lowest BCUT2D eigenvalue weighted by molar-refractivity contribution is -0.195. The van der Waals surface area contributed by atoms with E-state index in [1.165, 1.54) is 15.2 Å². The van der Waals surface area contributed by atoms with Gasteiger partial charge in [0.2, 0.25) is 10.8 Å². The highest BCUT2D eigenvalue weighted by atomic mass is 32.2. The van der Waals surface area contributed by atoms with Gasteiger partial charge in [-0.3, -0.25) is 19.6 Å². The summed E-state index contributed by atoms with van der Waals surface area (Å²) in [5, 5.41) is 24.9. The molecule has 0 aliphatic carbocycles. The van der Waals surface area contributed by atoms with Crippen molar-refractivity contribution in [2.24, 2.45) is 11.0 Å². The fourth-order valence-corrected chi connectivity index (χ4v) is 12.6. The van der Waals surface area contributed by atoms with Crippen molar-refractivity contribution in [1.29, 1.82) is 5.26 Å². The molecule has 2 aliphatic heterocycles. The van der Waals surface area contributed by atoms with Gasteiger partial charge in [-0.2, -0.15) is 21.1 Å². The first kappa shape index (κ1) is 41.6. The zero-order valence-corrected chi connectivity index (χ0v) is 36.3. The largest absolute Gasteiger partial charge is 0.424 e. The number of carbonyl (C=O) groups is 2. The summed E-state index contributed by atoms with van der Waals surface area (Å²) in [5.41, 5.74) is 1.86. The lowest BCUT2D eigenvalue weighted by atomic mass is 10.1. The zero-order valence-electron chi connectivity index (χ0n) is 31.4. The number of rotatable bonds is 10. The maximum atomic E-state index is 13.3. The summed E-state index contributed by atoms with van der Waals surface area (Å²) in [5.74, 6) is 4.15. The van der Waals surface area contributed by atoms with E-state index in [0.29, 0.717) is 62.4 Å². The highest BCUT2D eigenvalue weighted by molar-refractivity contribution is 8.33. The van der Waals surface area contributed by atoms with E-state index >= 15 is 0 Å². The summed E-state index contributed by atoms with van der Waals surface area (Å²) in [6, 6.07) is 12.5. The molecule has 4 N–H and O–H groups in total. The molecule has 0 atom stereocenters. The first-order valence-electron chi connectivity index (χ1n) is 17.6. The van der Waals surface area contributed by atoms with E-state index in [1.807, 2.05) is 0 Å². The van der Waals surface area contributed by atoms with Crippen LogP contribution in [0.3, 0.4) is 0 Å². The molecule has 0 bridgehead atoms. The standard InChI is InChI=1S/C36H22N12O8S6/c1-4-18(49)53-25-27-28(58-33(57-27)23-15(14-37)20(16-10-6-8-12-41-16)31-43-35(45-47(23)31)61-56-55-38)26(54-19(50)5-2)30-29(25)59-34(60-30)24-22(40-3)21(17-11-7-9-13-42-17)32-44-36(46-48(24)32)62(39,51)52/h6-13H,4-5,38H2,1-2H3,(H2,39,51,52). The summed E-state index contributed by atoms with van der Waals surface area (Å²) in [7, 11) is -4.40. The second kappa shape index (κ2) is 16.5. The molecule has 0 radical (unpaired) electrons. The number of aromatic nitrogens is 8. The molecule has 0 fully saturated rings. The molecule has 26 heteroatoms. The van der Waals surface area contributed by atoms with E-state index in [4.69, 9.17) is 31.4 Å². The number of esters is 2. The van der Waals surface area contributed by atoms with E-state index < -0.39 is 27.1 Å². The van der Waals surface area contributed by atoms with Gasteiger partial charge in [0, 0.05) is 25.2 Å². The predicted octanol–water partition coefficient (Wildman–Crippen LogP) is 4.79. The fraction of sp³-hybridized carbons (Fsp3) is 0.111. The molecule has 0 unspecified atom stereocenters. The number of hydrogen-bond donors (Lipinski definition) is 2. The summed E-state index contributed by atoms with van der Waals surface area (Å²) < 4.78 is 45.7. The quantitative estimate of drug-likeness (QED) is 0.0466. The summed E-state index contributed by atoms with van der Waals surface area (Å²) in [4.78, 5) is 53.8. The molecule has 0 saturated carbocycles. The van der Waals surface area contributed by atoms with Crippen LogP contribution in [0.15, 0.2) is 78.7 Å². The monoisotopic (exact) mass is 942 g/mol. The van der Waals surface area contributed by atoms with Crippen molar-refractivity contribution in [1.82, 2.24) is 39.2 Å². The van der Waals surface area contributed by atoms with Gasteiger partial charge >= 0.3 is 11.9 Å². The van der Waals surface area contributed by atoms with Crippen molar-refractivity contribution >= 4 is 107 Å². The Balaban J connectivity index is 1.32. The summed E-state index contributed by atoms with van der Waals surface area (Å²) in [6.45, 7) is 11.6. The molecule has 0 amide bonds. The Kier molecular flexibility index (Phi) is 11.1. The molecule has 310 valence electrons. The van der Waals surface area contributed by atoms with Crippen LogP contribution in [0, 0.1) is 17.9 Å². The summed E-state index contributed by atoms with van der Waals surface area (Å²) in [6.07, 6.45) is 3.08. The topological polar surface area (TPSA) is 272 Å². The number of sulfonamides is 1. The highest BCUT2D eigenvalue weighted by Gasteiger charge is 2.41. The van der Waals surface area contributed by atoms with E-state index in [1.54, 1.807) is 56.4 Å².